The first-order chi connectivity index (χ1) is 5.34. The third-order valence-electron chi connectivity index (χ3n) is 1.56. The first-order valence-electron chi connectivity index (χ1n) is 3.72. The topological polar surface area (TPSA) is 35.2 Å². The average molecular weight is 179 g/mol. The molecular formula is C8H15F2NO. The standard InChI is InChI=1S/C8H15F2NO/c1-8(2,3)6(11)4-12-5-7(9)10/h5-6H,4,11H2,1-3H3/t6-/m0/s1. The van der Waals surface area contributed by atoms with Gasteiger partial charge in [0, 0.05) is 6.04 Å². The molecule has 0 saturated carbocycles. The van der Waals surface area contributed by atoms with Crippen molar-refractivity contribution < 1.29 is 13.5 Å². The summed E-state index contributed by atoms with van der Waals surface area (Å²) < 4.78 is 27.5. The van der Waals surface area contributed by atoms with Crippen LogP contribution in [0, 0.1) is 5.41 Å². The van der Waals surface area contributed by atoms with Gasteiger partial charge in [0.1, 0.15) is 12.9 Å². The lowest BCUT2D eigenvalue weighted by Crippen LogP contribution is -2.38. The minimum atomic E-state index is -1.84. The summed E-state index contributed by atoms with van der Waals surface area (Å²) in [6, 6.07) is -0.243. The maximum atomic E-state index is 11.5. The van der Waals surface area contributed by atoms with Crippen LogP contribution >= 0.6 is 0 Å². The van der Waals surface area contributed by atoms with Crippen molar-refractivity contribution in [1.29, 1.82) is 0 Å². The molecule has 0 amide bonds. The van der Waals surface area contributed by atoms with E-state index in [1.807, 2.05) is 20.8 Å². The van der Waals surface area contributed by atoms with Crippen molar-refractivity contribution in [2.75, 3.05) is 6.61 Å². The fraction of sp³-hybridized carbons (Fsp3) is 0.750. The van der Waals surface area contributed by atoms with Gasteiger partial charge in [-0.2, -0.15) is 8.78 Å². The van der Waals surface area contributed by atoms with E-state index in [-0.39, 0.29) is 18.1 Å². The van der Waals surface area contributed by atoms with Gasteiger partial charge in [0.05, 0.1) is 0 Å². The third kappa shape index (κ3) is 5.07. The van der Waals surface area contributed by atoms with Crippen LogP contribution < -0.4 is 5.73 Å². The van der Waals surface area contributed by atoms with Crippen molar-refractivity contribution in [3.05, 3.63) is 12.3 Å². The molecule has 0 aliphatic rings. The lowest BCUT2D eigenvalue weighted by molar-refractivity contribution is 0.156. The average Bonchev–Trinajstić information content (AvgIpc) is 1.84. The van der Waals surface area contributed by atoms with Crippen LogP contribution in [0.25, 0.3) is 0 Å². The number of hydrogen-bond donors (Lipinski definition) is 1. The molecular weight excluding hydrogens is 164 g/mol. The molecule has 0 spiro atoms. The minimum Gasteiger partial charge on any atom is -0.494 e. The first-order valence-corrected chi connectivity index (χ1v) is 3.72. The lowest BCUT2D eigenvalue weighted by Gasteiger charge is -2.25. The van der Waals surface area contributed by atoms with Crippen molar-refractivity contribution in [3.63, 3.8) is 0 Å². The Bertz CT molecular complexity index is 159. The quantitative estimate of drug-likeness (QED) is 0.673. The molecule has 12 heavy (non-hydrogen) atoms. The summed E-state index contributed by atoms with van der Waals surface area (Å²) in [5.41, 5.74) is 5.51. The van der Waals surface area contributed by atoms with Crippen molar-refractivity contribution in [2.45, 2.75) is 26.8 Å². The Morgan fingerprint density at radius 3 is 2.33 bits per heavy atom. The number of nitrogens with two attached hydrogens (primary N) is 1. The molecule has 4 heteroatoms. The van der Waals surface area contributed by atoms with E-state index in [4.69, 9.17) is 5.73 Å². The van der Waals surface area contributed by atoms with Gasteiger partial charge in [-0.1, -0.05) is 20.8 Å². The molecule has 2 N–H and O–H groups in total. The molecule has 0 radical (unpaired) electrons. The Kier molecular flexibility index (Phi) is 4.17. The SMILES string of the molecule is CC(C)(C)[C@@H](N)COC=C(F)F. The van der Waals surface area contributed by atoms with E-state index in [9.17, 15) is 8.78 Å². The molecule has 0 saturated heterocycles. The lowest BCUT2D eigenvalue weighted by atomic mass is 9.88. The highest BCUT2D eigenvalue weighted by Gasteiger charge is 2.20. The Morgan fingerprint density at radius 2 is 2.00 bits per heavy atom. The smallest absolute Gasteiger partial charge is 0.304 e. The van der Waals surface area contributed by atoms with Crippen LogP contribution in [0.3, 0.4) is 0 Å². The van der Waals surface area contributed by atoms with Gasteiger partial charge in [0.15, 0.2) is 0 Å². The van der Waals surface area contributed by atoms with Gasteiger partial charge in [-0.3, -0.25) is 0 Å². The summed E-state index contributed by atoms with van der Waals surface area (Å²) in [6.07, 6.45) is -1.41. The van der Waals surface area contributed by atoms with Crippen molar-refractivity contribution in [3.8, 4) is 0 Å². The van der Waals surface area contributed by atoms with Gasteiger partial charge in [-0.15, -0.1) is 0 Å². The van der Waals surface area contributed by atoms with Gasteiger partial charge in [0.2, 0.25) is 0 Å². The predicted molar refractivity (Wildman–Crippen MR) is 43.7 cm³/mol. The molecule has 0 rings (SSSR count). The predicted octanol–water partition coefficient (Wildman–Crippen LogP) is 2.11. The fourth-order valence-corrected chi connectivity index (χ4v) is 0.465. The van der Waals surface area contributed by atoms with Crippen LogP contribution in [0.2, 0.25) is 0 Å². The summed E-state index contributed by atoms with van der Waals surface area (Å²) in [5.74, 6) is 0. The van der Waals surface area contributed by atoms with Gasteiger partial charge < -0.3 is 10.5 Å². The molecule has 0 unspecified atom stereocenters. The van der Waals surface area contributed by atoms with E-state index in [1.54, 1.807) is 0 Å². The summed E-state index contributed by atoms with van der Waals surface area (Å²) in [4.78, 5) is 0. The number of halogens is 2. The van der Waals surface area contributed by atoms with Crippen LogP contribution in [0.1, 0.15) is 20.8 Å². The van der Waals surface area contributed by atoms with E-state index in [0.29, 0.717) is 6.26 Å². The van der Waals surface area contributed by atoms with Crippen LogP contribution in [-0.4, -0.2) is 12.6 Å². The summed E-state index contributed by atoms with van der Waals surface area (Å²) in [6.45, 7) is 5.89. The van der Waals surface area contributed by atoms with Crippen LogP contribution in [0.4, 0.5) is 8.78 Å². The molecule has 0 aromatic heterocycles. The first kappa shape index (κ1) is 11.4. The van der Waals surface area contributed by atoms with Crippen molar-refractivity contribution >= 4 is 0 Å². The minimum absolute atomic E-state index is 0.112. The Labute approximate surface area is 71.4 Å². The molecule has 0 aliphatic carbocycles. The zero-order valence-corrected chi connectivity index (χ0v) is 7.60. The summed E-state index contributed by atoms with van der Waals surface area (Å²) >= 11 is 0. The molecule has 1 atom stereocenters. The molecule has 0 fully saturated rings. The van der Waals surface area contributed by atoms with Crippen molar-refractivity contribution in [1.82, 2.24) is 0 Å². The zero-order chi connectivity index (χ0) is 9.78. The molecule has 2 nitrogen and oxygen atoms in total. The van der Waals surface area contributed by atoms with E-state index >= 15 is 0 Å². The number of ether oxygens (including phenoxy) is 1. The molecule has 0 heterocycles. The maximum absolute atomic E-state index is 11.5. The van der Waals surface area contributed by atoms with E-state index in [0.717, 1.165) is 0 Å². The Morgan fingerprint density at radius 1 is 1.50 bits per heavy atom. The van der Waals surface area contributed by atoms with E-state index < -0.39 is 6.08 Å². The van der Waals surface area contributed by atoms with Gasteiger partial charge in [-0.25, -0.2) is 0 Å². The highest BCUT2D eigenvalue weighted by Crippen LogP contribution is 2.17. The van der Waals surface area contributed by atoms with Crippen LogP contribution in [-0.2, 0) is 4.74 Å². The van der Waals surface area contributed by atoms with E-state index in [2.05, 4.69) is 4.74 Å². The van der Waals surface area contributed by atoms with E-state index in [1.165, 1.54) is 0 Å². The van der Waals surface area contributed by atoms with Gasteiger partial charge >= 0.3 is 6.08 Å². The molecule has 0 bridgehead atoms. The number of rotatable bonds is 3. The summed E-state index contributed by atoms with van der Waals surface area (Å²) in [7, 11) is 0. The van der Waals surface area contributed by atoms with Crippen molar-refractivity contribution in [2.24, 2.45) is 11.1 Å². The third-order valence-corrected chi connectivity index (χ3v) is 1.56. The highest BCUT2D eigenvalue weighted by molar-refractivity contribution is 4.78. The second-order valence-corrected chi connectivity index (χ2v) is 3.71. The molecule has 0 aromatic carbocycles. The largest absolute Gasteiger partial charge is 0.494 e. The number of hydrogen-bond acceptors (Lipinski definition) is 2. The second kappa shape index (κ2) is 4.40. The van der Waals surface area contributed by atoms with Crippen LogP contribution in [0.5, 0.6) is 0 Å². The second-order valence-electron chi connectivity index (χ2n) is 3.71. The Hall–Kier alpha value is -0.640. The zero-order valence-electron chi connectivity index (χ0n) is 7.60. The van der Waals surface area contributed by atoms with Gasteiger partial charge in [0.25, 0.3) is 0 Å². The normalized spacial score (nSPS) is 13.8. The fourth-order valence-electron chi connectivity index (χ4n) is 0.465. The van der Waals surface area contributed by atoms with Gasteiger partial charge in [-0.05, 0) is 5.41 Å². The molecule has 0 aromatic rings. The molecule has 0 aliphatic heterocycles. The maximum Gasteiger partial charge on any atom is 0.304 e. The molecule has 72 valence electrons. The highest BCUT2D eigenvalue weighted by atomic mass is 19.3. The monoisotopic (exact) mass is 179 g/mol. The summed E-state index contributed by atoms with van der Waals surface area (Å²) in [5, 5.41) is 0. The Balaban J connectivity index is 3.73. The van der Waals surface area contributed by atoms with Crippen LogP contribution in [0.15, 0.2) is 12.3 Å².